The van der Waals surface area contributed by atoms with E-state index in [1.54, 1.807) is 29.2 Å². The summed E-state index contributed by atoms with van der Waals surface area (Å²) >= 11 is 6.60. The van der Waals surface area contributed by atoms with Crippen LogP contribution in [-0.4, -0.2) is 37.9 Å². The number of aromatic hydroxyl groups is 1. The predicted molar refractivity (Wildman–Crippen MR) is 123 cm³/mol. The third kappa shape index (κ3) is 4.55. The van der Waals surface area contributed by atoms with Crippen molar-refractivity contribution in [2.75, 3.05) is 6.54 Å². The standard InChI is InChI=1S/C23H17NO5S2/c25-18-8-6-15(12-17(18)22(27)28)19-9-7-16(29-19)13-20-21(26)24(23(30)31-20)11-10-14-4-2-1-3-5-14/h1-9,12-13,25H,10-11H2,(H,27,28)/b20-13-. The van der Waals surface area contributed by atoms with Crippen molar-refractivity contribution in [3.8, 4) is 17.1 Å². The van der Waals surface area contributed by atoms with Gasteiger partial charge in [0.15, 0.2) is 0 Å². The molecule has 4 rings (SSSR count). The summed E-state index contributed by atoms with van der Waals surface area (Å²) < 4.78 is 6.28. The Kier molecular flexibility index (Phi) is 5.92. The van der Waals surface area contributed by atoms with Gasteiger partial charge in [-0.15, -0.1) is 0 Å². The van der Waals surface area contributed by atoms with E-state index in [-0.39, 0.29) is 17.2 Å². The second-order valence-corrected chi connectivity index (χ2v) is 8.48. The molecule has 1 aliphatic rings. The number of carboxylic acid groups (broad SMARTS) is 1. The molecule has 0 spiro atoms. The summed E-state index contributed by atoms with van der Waals surface area (Å²) in [5.41, 5.74) is 1.42. The van der Waals surface area contributed by atoms with Gasteiger partial charge in [-0.2, -0.15) is 0 Å². The van der Waals surface area contributed by atoms with Gasteiger partial charge in [-0.05, 0) is 42.3 Å². The van der Waals surface area contributed by atoms with Crippen molar-refractivity contribution in [2.24, 2.45) is 0 Å². The first-order chi connectivity index (χ1) is 14.9. The maximum atomic E-state index is 12.8. The minimum Gasteiger partial charge on any atom is -0.507 e. The van der Waals surface area contributed by atoms with Gasteiger partial charge in [0.25, 0.3) is 5.91 Å². The van der Waals surface area contributed by atoms with E-state index in [4.69, 9.17) is 16.6 Å². The largest absolute Gasteiger partial charge is 0.507 e. The Labute approximate surface area is 187 Å². The smallest absolute Gasteiger partial charge is 0.339 e. The molecule has 6 nitrogen and oxygen atoms in total. The average molecular weight is 452 g/mol. The molecule has 8 heteroatoms. The predicted octanol–water partition coefficient (Wildman–Crippen LogP) is 4.79. The fourth-order valence-electron chi connectivity index (χ4n) is 3.15. The van der Waals surface area contributed by atoms with Crippen molar-refractivity contribution in [3.63, 3.8) is 0 Å². The number of phenols is 1. The first-order valence-electron chi connectivity index (χ1n) is 9.38. The van der Waals surface area contributed by atoms with E-state index in [1.165, 1.54) is 23.9 Å². The first kappa shape index (κ1) is 20.9. The van der Waals surface area contributed by atoms with Crippen LogP contribution in [0.25, 0.3) is 17.4 Å². The molecular formula is C23H17NO5S2. The fourth-order valence-corrected chi connectivity index (χ4v) is 4.44. The molecule has 1 aliphatic heterocycles. The Morgan fingerprint density at radius 2 is 1.90 bits per heavy atom. The van der Waals surface area contributed by atoms with Crippen molar-refractivity contribution in [3.05, 3.63) is 82.5 Å². The topological polar surface area (TPSA) is 91.0 Å². The number of furan rings is 1. The van der Waals surface area contributed by atoms with Crippen LogP contribution in [0, 0.1) is 0 Å². The number of carbonyl (C=O) groups is 2. The van der Waals surface area contributed by atoms with Crippen molar-refractivity contribution < 1.29 is 24.2 Å². The lowest BCUT2D eigenvalue weighted by molar-refractivity contribution is -0.122. The third-order valence-electron chi connectivity index (χ3n) is 4.75. The molecule has 0 unspecified atom stereocenters. The van der Waals surface area contributed by atoms with Gasteiger partial charge >= 0.3 is 5.97 Å². The molecule has 0 aliphatic carbocycles. The van der Waals surface area contributed by atoms with Crippen LogP contribution in [0.3, 0.4) is 0 Å². The highest BCUT2D eigenvalue weighted by Crippen LogP contribution is 2.34. The summed E-state index contributed by atoms with van der Waals surface area (Å²) in [6, 6.07) is 17.5. The molecule has 1 fully saturated rings. The highest BCUT2D eigenvalue weighted by Gasteiger charge is 2.32. The number of amides is 1. The van der Waals surface area contributed by atoms with Gasteiger partial charge in [-0.1, -0.05) is 54.3 Å². The average Bonchev–Trinajstić information content (AvgIpc) is 3.32. The van der Waals surface area contributed by atoms with Gasteiger partial charge in [0, 0.05) is 18.2 Å². The lowest BCUT2D eigenvalue weighted by atomic mass is 10.1. The Balaban J connectivity index is 1.50. The van der Waals surface area contributed by atoms with Crippen LogP contribution in [0.5, 0.6) is 5.75 Å². The SMILES string of the molecule is O=C(O)c1cc(-c2ccc(/C=C3\SC(=S)N(CCc4ccccc4)C3=O)o2)ccc1O. The molecule has 0 saturated carbocycles. The minimum absolute atomic E-state index is 0.165. The fraction of sp³-hybridized carbons (Fsp3) is 0.0870. The van der Waals surface area contributed by atoms with Crippen molar-refractivity contribution in [2.45, 2.75) is 6.42 Å². The van der Waals surface area contributed by atoms with Gasteiger partial charge in [-0.3, -0.25) is 9.69 Å². The third-order valence-corrected chi connectivity index (χ3v) is 6.13. The monoisotopic (exact) mass is 451 g/mol. The molecule has 2 aromatic carbocycles. The number of carbonyl (C=O) groups excluding carboxylic acids is 1. The van der Waals surface area contributed by atoms with E-state index in [2.05, 4.69) is 0 Å². The zero-order valence-electron chi connectivity index (χ0n) is 16.1. The van der Waals surface area contributed by atoms with Crippen LogP contribution in [0.15, 0.2) is 70.0 Å². The number of benzene rings is 2. The lowest BCUT2D eigenvalue weighted by Gasteiger charge is -2.14. The summed E-state index contributed by atoms with van der Waals surface area (Å²) in [7, 11) is 0. The van der Waals surface area contributed by atoms with E-state index >= 15 is 0 Å². The maximum absolute atomic E-state index is 12.8. The van der Waals surface area contributed by atoms with Crippen LogP contribution in [0.1, 0.15) is 21.7 Å². The van der Waals surface area contributed by atoms with Crippen LogP contribution in [-0.2, 0) is 11.2 Å². The van der Waals surface area contributed by atoms with Crippen LogP contribution in [0.4, 0.5) is 0 Å². The number of thiocarbonyl (C=S) groups is 1. The number of aromatic carboxylic acids is 1. The van der Waals surface area contributed by atoms with E-state index in [9.17, 15) is 19.8 Å². The molecule has 0 bridgehead atoms. The van der Waals surface area contributed by atoms with Crippen molar-refractivity contribution in [1.29, 1.82) is 0 Å². The van der Waals surface area contributed by atoms with E-state index in [0.29, 0.717) is 39.3 Å². The molecule has 2 heterocycles. The number of rotatable bonds is 6. The molecule has 1 saturated heterocycles. The zero-order valence-corrected chi connectivity index (χ0v) is 17.8. The van der Waals surface area contributed by atoms with Gasteiger partial charge in [0.05, 0.1) is 4.91 Å². The molecular weight excluding hydrogens is 434 g/mol. The highest BCUT2D eigenvalue weighted by atomic mass is 32.2. The maximum Gasteiger partial charge on any atom is 0.339 e. The van der Waals surface area contributed by atoms with Gasteiger partial charge in [0.1, 0.15) is 27.2 Å². The lowest BCUT2D eigenvalue weighted by Crippen LogP contribution is -2.30. The van der Waals surface area contributed by atoms with Crippen LogP contribution in [0.2, 0.25) is 0 Å². The normalized spacial score (nSPS) is 15.1. The number of nitrogens with zero attached hydrogens (tertiary/aromatic N) is 1. The van der Waals surface area contributed by atoms with E-state index < -0.39 is 5.97 Å². The second-order valence-electron chi connectivity index (χ2n) is 6.81. The molecule has 156 valence electrons. The minimum atomic E-state index is -1.23. The zero-order chi connectivity index (χ0) is 22.0. The Hall–Kier alpha value is -3.36. The molecule has 0 radical (unpaired) electrons. The second kappa shape index (κ2) is 8.79. The van der Waals surface area contributed by atoms with Gasteiger partial charge in [0.2, 0.25) is 0 Å². The summed E-state index contributed by atoms with van der Waals surface area (Å²) in [5.74, 6) is -0.842. The molecule has 31 heavy (non-hydrogen) atoms. The van der Waals surface area contributed by atoms with Gasteiger partial charge < -0.3 is 14.6 Å². The van der Waals surface area contributed by atoms with Crippen molar-refractivity contribution in [1.82, 2.24) is 4.90 Å². The number of carboxylic acids is 1. The van der Waals surface area contributed by atoms with Crippen LogP contribution >= 0.6 is 24.0 Å². The Bertz CT molecular complexity index is 1200. The molecule has 1 amide bonds. The number of hydrogen-bond acceptors (Lipinski definition) is 6. The summed E-state index contributed by atoms with van der Waals surface area (Å²) in [6.45, 7) is 0.501. The Morgan fingerprint density at radius 1 is 1.13 bits per heavy atom. The molecule has 0 atom stereocenters. The van der Waals surface area contributed by atoms with Crippen molar-refractivity contribution >= 4 is 46.3 Å². The highest BCUT2D eigenvalue weighted by molar-refractivity contribution is 8.26. The van der Waals surface area contributed by atoms with E-state index in [1.807, 2.05) is 30.3 Å². The first-order valence-corrected chi connectivity index (χ1v) is 10.6. The number of thioether (sulfide) groups is 1. The molecule has 2 N–H and O–H groups in total. The summed E-state index contributed by atoms with van der Waals surface area (Å²) in [4.78, 5) is 26.1. The molecule has 3 aromatic rings. The molecule has 1 aromatic heterocycles. The summed E-state index contributed by atoms with van der Waals surface area (Å²) in [6.07, 6.45) is 2.34. The number of hydrogen-bond donors (Lipinski definition) is 2. The van der Waals surface area contributed by atoms with Crippen LogP contribution < -0.4 is 0 Å². The van der Waals surface area contributed by atoms with Gasteiger partial charge in [-0.25, -0.2) is 4.79 Å². The quantitative estimate of drug-likeness (QED) is 0.411. The summed E-state index contributed by atoms with van der Waals surface area (Å²) in [5, 5.41) is 18.8. The Morgan fingerprint density at radius 3 is 2.65 bits per heavy atom. The van der Waals surface area contributed by atoms with E-state index in [0.717, 1.165) is 5.56 Å².